The Hall–Kier alpha value is -3.49. The average molecular weight is 457 g/mol. The lowest BCUT2D eigenvalue weighted by Crippen LogP contribution is -2.40. The number of hydrazine groups is 1. The van der Waals surface area contributed by atoms with Crippen molar-refractivity contribution in [2.24, 2.45) is 10.7 Å². The van der Waals surface area contributed by atoms with E-state index >= 15 is 0 Å². The van der Waals surface area contributed by atoms with Crippen LogP contribution in [0.2, 0.25) is 10.0 Å². The van der Waals surface area contributed by atoms with Crippen molar-refractivity contribution in [1.29, 1.82) is 0 Å². The van der Waals surface area contributed by atoms with Crippen molar-refractivity contribution in [3.63, 3.8) is 0 Å². The van der Waals surface area contributed by atoms with E-state index in [1.165, 1.54) is 12.5 Å². The fraction of sp³-hybridized carbons (Fsp3) is 0.0952. The highest BCUT2D eigenvalue weighted by atomic mass is 35.5. The zero-order valence-electron chi connectivity index (χ0n) is 16.3. The van der Waals surface area contributed by atoms with Crippen molar-refractivity contribution in [2.45, 2.75) is 12.8 Å². The van der Waals surface area contributed by atoms with Crippen LogP contribution < -0.4 is 26.5 Å². The van der Waals surface area contributed by atoms with Gasteiger partial charge in [-0.15, -0.1) is 5.10 Å². The molecule has 0 amide bonds. The number of ether oxygens (including phenoxy) is 1. The van der Waals surface area contributed by atoms with Crippen molar-refractivity contribution in [2.75, 3.05) is 5.01 Å². The molecule has 1 aliphatic rings. The van der Waals surface area contributed by atoms with Crippen LogP contribution in [-0.2, 0) is 0 Å². The highest BCUT2D eigenvalue weighted by Crippen LogP contribution is 2.39. The number of rotatable bonds is 5. The molecule has 1 aliphatic heterocycles. The van der Waals surface area contributed by atoms with Gasteiger partial charge >= 0.3 is 0 Å². The number of anilines is 1. The van der Waals surface area contributed by atoms with Crippen LogP contribution in [0.25, 0.3) is 0 Å². The largest absolute Gasteiger partial charge is 0.434 e. The molecule has 0 radical (unpaired) electrons. The van der Waals surface area contributed by atoms with E-state index in [1.54, 1.807) is 23.2 Å². The van der Waals surface area contributed by atoms with Crippen LogP contribution in [-0.4, -0.2) is 16.5 Å². The lowest BCUT2D eigenvalue weighted by atomic mass is 9.95. The molecule has 3 aromatic rings. The standard InChI is InChI=1S/C21H18Cl2N6O2/c1-12(13-5-3-2-4-6-13)15-9-19(26-27-21(15)30)31-20-16(22)7-14(8-17(20)23)29-11-25-10-18(24)28-29/h2-12,28H,24H2,1H3,(H,27,30). The van der Waals surface area contributed by atoms with Crippen LogP contribution in [0, 0.1) is 0 Å². The lowest BCUT2D eigenvalue weighted by molar-refractivity contribution is 0.453. The first-order valence-corrected chi connectivity index (χ1v) is 10.0. The smallest absolute Gasteiger partial charge is 0.268 e. The number of aromatic amines is 1. The summed E-state index contributed by atoms with van der Waals surface area (Å²) in [5.74, 6) is 0.584. The molecule has 2 aromatic carbocycles. The molecule has 0 aliphatic carbocycles. The number of H-pyrrole nitrogens is 1. The van der Waals surface area contributed by atoms with Gasteiger partial charge in [0.1, 0.15) is 12.2 Å². The molecule has 1 atom stereocenters. The minimum absolute atomic E-state index is 0.161. The number of nitrogens with one attached hydrogen (secondary N) is 2. The van der Waals surface area contributed by atoms with Crippen LogP contribution in [0.4, 0.5) is 5.69 Å². The maximum atomic E-state index is 12.4. The summed E-state index contributed by atoms with van der Waals surface area (Å²) in [7, 11) is 0. The maximum absolute atomic E-state index is 12.4. The van der Waals surface area contributed by atoms with Gasteiger partial charge in [-0.05, 0) is 17.7 Å². The Labute approximate surface area is 187 Å². The van der Waals surface area contributed by atoms with E-state index in [9.17, 15) is 4.79 Å². The van der Waals surface area contributed by atoms with Gasteiger partial charge < -0.3 is 10.5 Å². The quantitative estimate of drug-likeness (QED) is 0.532. The third kappa shape index (κ3) is 4.50. The van der Waals surface area contributed by atoms with Gasteiger partial charge in [0.2, 0.25) is 5.88 Å². The molecule has 0 spiro atoms. The fourth-order valence-electron chi connectivity index (χ4n) is 3.09. The first-order valence-electron chi connectivity index (χ1n) is 9.28. The van der Waals surface area contributed by atoms with Gasteiger partial charge in [0.15, 0.2) is 5.75 Å². The second kappa shape index (κ2) is 8.71. The van der Waals surface area contributed by atoms with E-state index in [-0.39, 0.29) is 33.2 Å². The first-order chi connectivity index (χ1) is 14.9. The Balaban J connectivity index is 1.62. The second-order valence-electron chi connectivity index (χ2n) is 6.79. The Morgan fingerprint density at radius 2 is 1.84 bits per heavy atom. The fourth-order valence-corrected chi connectivity index (χ4v) is 3.65. The molecule has 4 N–H and O–H groups in total. The molecule has 0 saturated carbocycles. The molecule has 0 bridgehead atoms. The van der Waals surface area contributed by atoms with Gasteiger partial charge in [0, 0.05) is 17.5 Å². The third-order valence-electron chi connectivity index (χ3n) is 4.69. The number of halogens is 2. The molecule has 158 valence electrons. The normalized spacial score (nSPS) is 14.0. The number of nitrogens with two attached hydrogens (primary N) is 1. The highest BCUT2D eigenvalue weighted by molar-refractivity contribution is 6.37. The van der Waals surface area contributed by atoms with Crippen molar-refractivity contribution >= 4 is 35.2 Å². The minimum atomic E-state index is -0.294. The number of benzene rings is 2. The van der Waals surface area contributed by atoms with E-state index in [2.05, 4.69) is 20.6 Å². The number of hydrogen-bond donors (Lipinski definition) is 3. The van der Waals surface area contributed by atoms with E-state index in [1.807, 2.05) is 37.3 Å². The number of aromatic nitrogens is 2. The molecule has 0 saturated heterocycles. The van der Waals surface area contributed by atoms with Crippen molar-refractivity contribution in [3.05, 3.63) is 92.1 Å². The van der Waals surface area contributed by atoms with Gasteiger partial charge in [-0.1, -0.05) is 60.5 Å². The lowest BCUT2D eigenvalue weighted by Gasteiger charge is -2.24. The summed E-state index contributed by atoms with van der Waals surface area (Å²) < 4.78 is 5.83. The summed E-state index contributed by atoms with van der Waals surface area (Å²) in [6.07, 6.45) is 3.01. The molecule has 1 aromatic heterocycles. The zero-order chi connectivity index (χ0) is 22.0. The predicted molar refractivity (Wildman–Crippen MR) is 122 cm³/mol. The molecule has 8 nitrogen and oxygen atoms in total. The summed E-state index contributed by atoms with van der Waals surface area (Å²) in [6, 6.07) is 14.5. The second-order valence-corrected chi connectivity index (χ2v) is 7.61. The molecule has 4 rings (SSSR count). The maximum Gasteiger partial charge on any atom is 0.268 e. The molecule has 31 heavy (non-hydrogen) atoms. The van der Waals surface area contributed by atoms with Gasteiger partial charge in [0.05, 0.1) is 21.9 Å². The number of aliphatic imine (C=N–C) groups is 1. The highest BCUT2D eigenvalue weighted by Gasteiger charge is 2.18. The Morgan fingerprint density at radius 3 is 2.52 bits per heavy atom. The van der Waals surface area contributed by atoms with Gasteiger partial charge in [-0.3, -0.25) is 10.2 Å². The average Bonchev–Trinajstić information content (AvgIpc) is 2.77. The molecule has 1 unspecified atom stereocenters. The molecule has 0 fully saturated rings. The Kier molecular flexibility index (Phi) is 5.83. The zero-order valence-corrected chi connectivity index (χ0v) is 17.9. The summed E-state index contributed by atoms with van der Waals surface area (Å²) in [5.41, 5.74) is 10.5. The van der Waals surface area contributed by atoms with Crippen LogP contribution in [0.3, 0.4) is 0 Å². The van der Waals surface area contributed by atoms with Gasteiger partial charge in [-0.2, -0.15) is 0 Å². The van der Waals surface area contributed by atoms with Crippen LogP contribution in [0.1, 0.15) is 24.0 Å². The van der Waals surface area contributed by atoms with Gasteiger partial charge in [0.25, 0.3) is 5.56 Å². The van der Waals surface area contributed by atoms with Crippen molar-refractivity contribution in [1.82, 2.24) is 15.6 Å². The Morgan fingerprint density at radius 1 is 1.13 bits per heavy atom. The minimum Gasteiger partial charge on any atom is -0.434 e. The predicted octanol–water partition coefficient (Wildman–Crippen LogP) is 4.13. The van der Waals surface area contributed by atoms with Crippen LogP contribution in [0.5, 0.6) is 11.6 Å². The number of hydrogen-bond acceptors (Lipinski definition) is 7. The monoisotopic (exact) mass is 456 g/mol. The first kappa shape index (κ1) is 20.8. The van der Waals surface area contributed by atoms with Gasteiger partial charge in [-0.25, -0.2) is 15.1 Å². The topological polar surface area (TPSA) is 109 Å². The van der Waals surface area contributed by atoms with Crippen molar-refractivity contribution < 1.29 is 4.74 Å². The van der Waals surface area contributed by atoms with E-state index in [0.29, 0.717) is 17.1 Å². The SMILES string of the molecule is CC(c1ccccc1)c1cc(Oc2c(Cl)cc(N3C=NC=C(N)N3)cc2Cl)n[nH]c1=O. The molecular weight excluding hydrogens is 439 g/mol. The van der Waals surface area contributed by atoms with E-state index in [0.717, 1.165) is 5.56 Å². The molecule has 2 heterocycles. The van der Waals surface area contributed by atoms with Crippen LogP contribution in [0.15, 0.2) is 70.3 Å². The molecular formula is C21H18Cl2N6O2. The summed E-state index contributed by atoms with van der Waals surface area (Å²) >= 11 is 12.8. The van der Waals surface area contributed by atoms with E-state index < -0.39 is 0 Å². The summed E-state index contributed by atoms with van der Waals surface area (Å²) in [4.78, 5) is 16.4. The van der Waals surface area contributed by atoms with Crippen LogP contribution >= 0.6 is 23.2 Å². The molecule has 10 heteroatoms. The Bertz CT molecular complexity index is 1200. The summed E-state index contributed by atoms with van der Waals surface area (Å²) in [5, 5.41) is 8.50. The summed E-state index contributed by atoms with van der Waals surface area (Å²) in [6.45, 7) is 1.94. The van der Waals surface area contributed by atoms with Crippen molar-refractivity contribution in [3.8, 4) is 11.6 Å². The van der Waals surface area contributed by atoms with E-state index in [4.69, 9.17) is 33.7 Å². The third-order valence-corrected chi connectivity index (χ3v) is 5.25. The number of nitrogens with zero attached hydrogens (tertiary/aromatic N) is 3.